The zero-order valence-electron chi connectivity index (χ0n) is 16.1. The fourth-order valence-corrected chi connectivity index (χ4v) is 2.36. The summed E-state index contributed by atoms with van der Waals surface area (Å²) >= 11 is 0. The monoisotopic (exact) mass is 515 g/mol. The Bertz CT molecular complexity index is 596. The van der Waals surface area contributed by atoms with Crippen LogP contribution in [0.1, 0.15) is 31.7 Å². The molecular weight excluding hydrogens is 486 g/mol. The normalized spacial score (nSPS) is 14.4. The van der Waals surface area contributed by atoms with Gasteiger partial charge in [0.15, 0.2) is 12.6 Å². The highest BCUT2D eigenvalue weighted by atomic mass is 127. The Labute approximate surface area is 181 Å². The third-order valence-electron chi connectivity index (χ3n) is 3.92. The number of hydrogen-bond acceptors (Lipinski definition) is 3. The van der Waals surface area contributed by atoms with E-state index in [2.05, 4.69) is 15.6 Å². The molecule has 0 amide bonds. The van der Waals surface area contributed by atoms with E-state index in [9.17, 15) is 13.2 Å². The molecule has 0 bridgehead atoms. The fraction of sp³-hybridized carbons (Fsp3) is 0.632. The van der Waals surface area contributed by atoms with Crippen molar-refractivity contribution in [1.29, 1.82) is 0 Å². The van der Waals surface area contributed by atoms with Gasteiger partial charge in [-0.15, -0.1) is 24.0 Å². The smallest absolute Gasteiger partial charge is 0.422 e. The lowest BCUT2D eigenvalue weighted by Crippen LogP contribution is -2.38. The second-order valence-corrected chi connectivity index (χ2v) is 6.51. The molecule has 0 aliphatic heterocycles. The van der Waals surface area contributed by atoms with Crippen LogP contribution in [0.25, 0.3) is 0 Å². The highest BCUT2D eigenvalue weighted by Gasteiger charge is 2.28. The van der Waals surface area contributed by atoms with Crippen LogP contribution in [0.15, 0.2) is 29.3 Å². The number of benzene rings is 1. The minimum Gasteiger partial charge on any atom is -0.484 e. The second kappa shape index (κ2) is 13.1. The van der Waals surface area contributed by atoms with Crippen molar-refractivity contribution in [2.45, 2.75) is 38.9 Å². The van der Waals surface area contributed by atoms with Gasteiger partial charge in [0.1, 0.15) is 5.75 Å². The quantitative estimate of drug-likeness (QED) is 0.202. The third kappa shape index (κ3) is 10.9. The van der Waals surface area contributed by atoms with Crippen molar-refractivity contribution in [3.05, 3.63) is 29.8 Å². The van der Waals surface area contributed by atoms with E-state index in [1.165, 1.54) is 18.9 Å². The average Bonchev–Trinajstić information content (AvgIpc) is 3.45. The van der Waals surface area contributed by atoms with E-state index in [0.29, 0.717) is 31.2 Å². The van der Waals surface area contributed by atoms with Crippen LogP contribution in [0.4, 0.5) is 13.2 Å². The summed E-state index contributed by atoms with van der Waals surface area (Å²) in [6.45, 7) is 3.82. The van der Waals surface area contributed by atoms with E-state index in [1.807, 2.05) is 6.92 Å². The molecular formula is C19H29F3IN3O2. The van der Waals surface area contributed by atoms with Crippen LogP contribution in [0.2, 0.25) is 0 Å². The van der Waals surface area contributed by atoms with Crippen molar-refractivity contribution in [3.8, 4) is 5.75 Å². The van der Waals surface area contributed by atoms with E-state index in [4.69, 9.17) is 9.47 Å². The molecule has 0 atom stereocenters. The van der Waals surface area contributed by atoms with Gasteiger partial charge in [-0.05, 0) is 38.2 Å². The van der Waals surface area contributed by atoms with Gasteiger partial charge in [-0.3, -0.25) is 0 Å². The number of nitrogens with one attached hydrogen (secondary N) is 2. The molecule has 1 aliphatic carbocycles. The molecule has 0 saturated heterocycles. The van der Waals surface area contributed by atoms with Crippen LogP contribution < -0.4 is 15.4 Å². The largest absolute Gasteiger partial charge is 0.484 e. The third-order valence-corrected chi connectivity index (χ3v) is 3.92. The minimum atomic E-state index is -4.37. The molecule has 1 fully saturated rings. The molecule has 1 aromatic carbocycles. The van der Waals surface area contributed by atoms with E-state index >= 15 is 0 Å². The molecule has 5 nitrogen and oxygen atoms in total. The summed E-state index contributed by atoms with van der Waals surface area (Å²) in [5.41, 5.74) is 0.603. The van der Waals surface area contributed by atoms with E-state index < -0.39 is 12.8 Å². The number of alkyl halides is 3. The molecule has 9 heteroatoms. The van der Waals surface area contributed by atoms with Crippen LogP contribution in [0, 0.1) is 5.92 Å². The van der Waals surface area contributed by atoms with Crippen LogP contribution in [0.3, 0.4) is 0 Å². The number of hydrogen-bond donors (Lipinski definition) is 2. The van der Waals surface area contributed by atoms with Crippen molar-refractivity contribution in [1.82, 2.24) is 10.6 Å². The first-order chi connectivity index (χ1) is 13.0. The molecule has 1 aromatic rings. The van der Waals surface area contributed by atoms with Crippen molar-refractivity contribution < 1.29 is 22.6 Å². The first-order valence-electron chi connectivity index (χ1n) is 9.35. The minimum absolute atomic E-state index is 0. The molecule has 160 valence electrons. The van der Waals surface area contributed by atoms with Gasteiger partial charge in [0, 0.05) is 31.9 Å². The van der Waals surface area contributed by atoms with Gasteiger partial charge in [0.2, 0.25) is 0 Å². The van der Waals surface area contributed by atoms with Crippen LogP contribution in [-0.4, -0.2) is 45.0 Å². The van der Waals surface area contributed by atoms with Crippen LogP contribution in [-0.2, 0) is 11.3 Å². The van der Waals surface area contributed by atoms with Crippen LogP contribution in [0.5, 0.6) is 5.75 Å². The summed E-state index contributed by atoms with van der Waals surface area (Å²) in [4.78, 5) is 4.44. The van der Waals surface area contributed by atoms with Gasteiger partial charge in [-0.1, -0.05) is 18.2 Å². The lowest BCUT2D eigenvalue weighted by Gasteiger charge is -2.14. The summed E-state index contributed by atoms with van der Waals surface area (Å²) in [7, 11) is 0. The Hall–Kier alpha value is -1.23. The van der Waals surface area contributed by atoms with Crippen molar-refractivity contribution >= 4 is 29.9 Å². The predicted octanol–water partition coefficient (Wildman–Crippen LogP) is 4.12. The number of para-hydroxylation sites is 1. The summed E-state index contributed by atoms with van der Waals surface area (Å²) in [6, 6.07) is 6.63. The molecule has 1 saturated carbocycles. The van der Waals surface area contributed by atoms with E-state index in [-0.39, 0.29) is 36.3 Å². The number of ether oxygens (including phenoxy) is 2. The van der Waals surface area contributed by atoms with Gasteiger partial charge in [0.25, 0.3) is 0 Å². The molecule has 2 N–H and O–H groups in total. The van der Waals surface area contributed by atoms with Gasteiger partial charge >= 0.3 is 6.18 Å². The predicted molar refractivity (Wildman–Crippen MR) is 114 cm³/mol. The number of halogens is 4. The topological polar surface area (TPSA) is 54.9 Å². The number of rotatable bonds is 11. The first kappa shape index (κ1) is 24.8. The van der Waals surface area contributed by atoms with Crippen LogP contribution >= 0.6 is 24.0 Å². The SMILES string of the molecule is CCNC(=NCc1ccccc1OCC(F)(F)F)NCCCOCC1CC1.I. The lowest BCUT2D eigenvalue weighted by molar-refractivity contribution is -0.153. The standard InChI is InChI=1S/C19H28F3N3O2.HI/c1-2-23-18(24-10-5-11-26-13-15-8-9-15)25-12-16-6-3-4-7-17(16)27-14-19(20,21)22;/h3-4,6-7,15H,2,5,8-14H2,1H3,(H2,23,24,25);1H. The molecule has 0 heterocycles. The molecule has 2 rings (SSSR count). The Balaban J connectivity index is 0.00000392. The maximum atomic E-state index is 12.4. The lowest BCUT2D eigenvalue weighted by atomic mass is 10.2. The summed E-state index contributed by atoms with van der Waals surface area (Å²) < 4.78 is 47.6. The summed E-state index contributed by atoms with van der Waals surface area (Å²) in [5.74, 6) is 1.57. The maximum Gasteiger partial charge on any atom is 0.422 e. The highest BCUT2D eigenvalue weighted by Crippen LogP contribution is 2.28. The summed E-state index contributed by atoms with van der Waals surface area (Å²) in [5, 5.41) is 6.33. The zero-order valence-corrected chi connectivity index (χ0v) is 18.4. The van der Waals surface area contributed by atoms with Crippen molar-refractivity contribution in [2.75, 3.05) is 32.9 Å². The van der Waals surface area contributed by atoms with Gasteiger partial charge in [0.05, 0.1) is 6.54 Å². The molecule has 0 radical (unpaired) electrons. The Morgan fingerprint density at radius 3 is 2.64 bits per heavy atom. The molecule has 0 spiro atoms. The molecule has 1 aliphatic rings. The van der Waals surface area contributed by atoms with E-state index in [1.54, 1.807) is 18.2 Å². The molecule has 0 aromatic heterocycles. The molecule has 0 unspecified atom stereocenters. The van der Waals surface area contributed by atoms with Crippen molar-refractivity contribution in [3.63, 3.8) is 0 Å². The average molecular weight is 515 g/mol. The fourth-order valence-electron chi connectivity index (χ4n) is 2.36. The first-order valence-corrected chi connectivity index (χ1v) is 9.35. The van der Waals surface area contributed by atoms with Gasteiger partial charge < -0.3 is 20.1 Å². The summed E-state index contributed by atoms with van der Waals surface area (Å²) in [6.07, 6.45) is -0.940. The Morgan fingerprint density at radius 1 is 1.21 bits per heavy atom. The van der Waals surface area contributed by atoms with Crippen molar-refractivity contribution in [2.24, 2.45) is 10.9 Å². The van der Waals surface area contributed by atoms with Gasteiger partial charge in [-0.25, -0.2) is 4.99 Å². The number of guanidine groups is 1. The molecule has 28 heavy (non-hydrogen) atoms. The number of nitrogens with zero attached hydrogens (tertiary/aromatic N) is 1. The maximum absolute atomic E-state index is 12.4. The second-order valence-electron chi connectivity index (χ2n) is 6.51. The van der Waals surface area contributed by atoms with E-state index in [0.717, 1.165) is 18.9 Å². The van der Waals surface area contributed by atoms with Gasteiger partial charge in [-0.2, -0.15) is 13.2 Å². The zero-order chi connectivity index (χ0) is 19.5. The number of aliphatic imine (C=N–C) groups is 1. The Kier molecular flexibility index (Phi) is 11.6. The Morgan fingerprint density at radius 2 is 1.96 bits per heavy atom. The highest BCUT2D eigenvalue weighted by molar-refractivity contribution is 14.0.